The van der Waals surface area contributed by atoms with Crippen LogP contribution in [-0.2, 0) is 39.2 Å². The topological polar surface area (TPSA) is 298 Å². The van der Waals surface area contributed by atoms with E-state index in [1.807, 2.05) is 66.7 Å². The lowest BCUT2D eigenvalue weighted by atomic mass is 9.97. The third-order valence-corrected chi connectivity index (χ3v) is 19.0. The summed E-state index contributed by atoms with van der Waals surface area (Å²) in [6, 6.07) is 51.7. The number of terminal acetylenes is 1. The number of ether oxygens (including phenoxy) is 4. The first-order valence-corrected chi connectivity index (χ1v) is 34.5. The molecule has 0 radical (unpaired) electrons. The molecule has 3 fully saturated rings. The predicted molar refractivity (Wildman–Crippen MR) is 372 cm³/mol. The van der Waals surface area contributed by atoms with E-state index in [1.165, 1.54) is 24.3 Å². The van der Waals surface area contributed by atoms with Gasteiger partial charge < -0.3 is 39.4 Å². The Hall–Kier alpha value is -9.72. The molecule has 0 saturated carbocycles. The quantitative estimate of drug-likeness (QED) is 0.0501. The molecule has 4 heterocycles. The molecule has 97 heavy (non-hydrogen) atoms. The van der Waals surface area contributed by atoms with Crippen LogP contribution in [0.2, 0.25) is 20.1 Å². The molecule has 26 heteroatoms. The number of primary sulfonamides is 2. The molecular formula is C71H60Cl4N8O12S2. The molecule has 0 aliphatic carbocycles. The number of pyridine rings is 1. The Labute approximate surface area is 580 Å². The molecule has 9 aromatic rings. The lowest BCUT2D eigenvalue weighted by molar-refractivity contribution is -0.118. The zero-order chi connectivity index (χ0) is 69.1. The van der Waals surface area contributed by atoms with Gasteiger partial charge in [0.1, 0.15) is 41.4 Å². The molecule has 1 aromatic heterocycles. The van der Waals surface area contributed by atoms with Crippen molar-refractivity contribution in [2.45, 2.75) is 59.6 Å². The maximum Gasteiger partial charge on any atom is 0.238 e. The lowest BCUT2D eigenvalue weighted by Gasteiger charge is -2.18. The van der Waals surface area contributed by atoms with Crippen LogP contribution in [0, 0.1) is 23.7 Å². The first kappa shape index (κ1) is 70.1. The molecule has 1 unspecified atom stereocenters. The fraction of sp³-hybridized carbons (Fsp3) is 0.183. The molecule has 4 amide bonds. The second kappa shape index (κ2) is 31.0. The molecule has 0 spiro atoms. The van der Waals surface area contributed by atoms with Crippen molar-refractivity contribution in [1.29, 1.82) is 5.26 Å². The van der Waals surface area contributed by atoms with Crippen molar-refractivity contribution in [2.24, 2.45) is 16.0 Å². The molecule has 0 bridgehead atoms. The second-order valence-corrected chi connectivity index (χ2v) is 27.3. The number of halogens is 4. The van der Waals surface area contributed by atoms with E-state index in [2.05, 4.69) is 17.0 Å². The summed E-state index contributed by atoms with van der Waals surface area (Å²) in [6.07, 6.45) is 8.77. The Morgan fingerprint density at radius 1 is 0.577 bits per heavy atom. The molecule has 496 valence electrons. The number of primary amides is 1. The van der Waals surface area contributed by atoms with Crippen molar-refractivity contribution < 1.29 is 55.0 Å². The number of rotatable bonds is 19. The van der Waals surface area contributed by atoms with Crippen LogP contribution in [0.1, 0.15) is 72.1 Å². The van der Waals surface area contributed by atoms with Gasteiger partial charge in [-0.25, -0.2) is 27.1 Å². The van der Waals surface area contributed by atoms with Crippen molar-refractivity contribution in [3.8, 4) is 52.9 Å². The maximum absolute atomic E-state index is 12.8. The van der Waals surface area contributed by atoms with Gasteiger partial charge in [0.2, 0.25) is 43.7 Å². The van der Waals surface area contributed by atoms with Crippen molar-refractivity contribution in [3.63, 3.8) is 0 Å². The number of para-hydroxylation sites is 1. The Morgan fingerprint density at radius 3 is 1.64 bits per heavy atom. The lowest BCUT2D eigenvalue weighted by Crippen LogP contribution is -2.24. The minimum Gasteiger partial charge on any atom is -0.494 e. The number of nitrogens with zero attached hydrogens (tertiary/aromatic N) is 5. The van der Waals surface area contributed by atoms with E-state index in [0.29, 0.717) is 118 Å². The number of hydrogen-bond donors (Lipinski definition) is 3. The van der Waals surface area contributed by atoms with Crippen molar-refractivity contribution >= 4 is 118 Å². The number of carbonyl (C=O) groups excluding carboxylic acids is 4. The minimum absolute atomic E-state index is 0.00267. The Bertz CT molecular complexity index is 4790. The van der Waals surface area contributed by atoms with Crippen LogP contribution < -0.4 is 49.7 Å². The highest BCUT2D eigenvalue weighted by atomic mass is 35.5. The van der Waals surface area contributed by atoms with Gasteiger partial charge in [0.05, 0.1) is 42.5 Å². The summed E-state index contributed by atoms with van der Waals surface area (Å²) in [5.41, 5.74) is 11.0. The van der Waals surface area contributed by atoms with E-state index >= 15 is 0 Å². The molecular weight excluding hydrogens is 1360 g/mol. The Balaban J connectivity index is 0.000000160. The molecule has 20 nitrogen and oxygen atoms in total. The van der Waals surface area contributed by atoms with Gasteiger partial charge in [-0.3, -0.25) is 24.2 Å². The number of nitriles is 1. The summed E-state index contributed by atoms with van der Waals surface area (Å²) in [5.74, 6) is 4.68. The van der Waals surface area contributed by atoms with E-state index in [0.717, 1.165) is 33.3 Å². The molecule has 6 N–H and O–H groups in total. The average Bonchev–Trinajstić information content (AvgIpc) is 1.69. The Kier molecular flexibility index (Phi) is 22.4. The van der Waals surface area contributed by atoms with Crippen LogP contribution in [0.3, 0.4) is 0 Å². The smallest absolute Gasteiger partial charge is 0.238 e. The largest absolute Gasteiger partial charge is 0.494 e. The number of fused-ring (bicyclic) bond motifs is 1. The number of nitrogens with two attached hydrogens (primary N) is 3. The summed E-state index contributed by atoms with van der Waals surface area (Å²) in [5, 5.41) is 22.3. The van der Waals surface area contributed by atoms with Gasteiger partial charge in [0.15, 0.2) is 5.75 Å². The fourth-order valence-corrected chi connectivity index (χ4v) is 12.9. The highest BCUT2D eigenvalue weighted by molar-refractivity contribution is 7.89. The number of hydrogen-bond acceptors (Lipinski definition) is 14. The Morgan fingerprint density at radius 2 is 1.10 bits per heavy atom. The number of carbonyl (C=O) groups is 4. The number of benzene rings is 8. The molecule has 12 rings (SSSR count). The first-order chi connectivity index (χ1) is 46.4. The zero-order valence-corrected chi connectivity index (χ0v) is 56.1. The number of aromatic nitrogens is 1. The molecule has 3 atom stereocenters. The van der Waals surface area contributed by atoms with Crippen molar-refractivity contribution in [1.82, 2.24) is 4.98 Å². The summed E-state index contributed by atoms with van der Waals surface area (Å²) in [7, 11) is -7.57. The van der Waals surface area contributed by atoms with E-state index in [1.54, 1.807) is 106 Å². The summed E-state index contributed by atoms with van der Waals surface area (Å²) >= 11 is 25.1. The van der Waals surface area contributed by atoms with E-state index in [4.69, 9.17) is 87.8 Å². The predicted octanol–water partition coefficient (Wildman–Crippen LogP) is 13.2. The van der Waals surface area contributed by atoms with Crippen LogP contribution in [0.25, 0.3) is 10.9 Å². The number of sulfonamides is 2. The van der Waals surface area contributed by atoms with Gasteiger partial charge in [0.25, 0.3) is 0 Å². The van der Waals surface area contributed by atoms with Gasteiger partial charge in [-0.1, -0.05) is 82.7 Å². The normalized spacial score (nSPS) is 16.0. The van der Waals surface area contributed by atoms with E-state index in [-0.39, 0.29) is 70.0 Å². The van der Waals surface area contributed by atoms with Gasteiger partial charge in [0, 0.05) is 96.7 Å². The fourth-order valence-electron chi connectivity index (χ4n) is 11.2. The summed E-state index contributed by atoms with van der Waals surface area (Å²) in [4.78, 5) is 58.2. The highest BCUT2D eigenvalue weighted by Crippen LogP contribution is 2.43. The van der Waals surface area contributed by atoms with Gasteiger partial charge in [-0.15, -0.1) is 6.42 Å². The number of anilines is 3. The van der Waals surface area contributed by atoms with Crippen LogP contribution >= 0.6 is 46.4 Å². The monoisotopic (exact) mass is 1420 g/mol. The molecule has 8 aromatic carbocycles. The summed E-state index contributed by atoms with van der Waals surface area (Å²) in [6.45, 7) is 1.87. The third-order valence-electron chi connectivity index (χ3n) is 16.0. The molecule has 3 aliphatic heterocycles. The van der Waals surface area contributed by atoms with Crippen LogP contribution in [-0.4, -0.2) is 78.3 Å². The van der Waals surface area contributed by atoms with Crippen LogP contribution in [0.4, 0.5) is 17.1 Å². The number of amides is 4. The first-order valence-electron chi connectivity index (χ1n) is 29.9. The van der Waals surface area contributed by atoms with Crippen LogP contribution in [0.15, 0.2) is 192 Å². The maximum atomic E-state index is 12.8. The average molecular weight is 1420 g/mol. The summed E-state index contributed by atoms with van der Waals surface area (Å²) < 4.78 is 69.0. The van der Waals surface area contributed by atoms with Crippen molar-refractivity contribution in [3.05, 3.63) is 224 Å². The van der Waals surface area contributed by atoms with Gasteiger partial charge in [-0.2, -0.15) is 5.26 Å². The zero-order valence-electron chi connectivity index (χ0n) is 51.4. The standard InChI is InChI=1S/C27H23Cl2N3O4.C25H20ClN3O4S.C19H17ClN2O4S/c28-22-11-6-17(13-24(22)36-27-18(15-30)3-1-4-23(27)29)19-14-26(34)32(16-19)20-7-9-21(10-8-20)35-12-2-5-25(31)33;26-22-9-3-16(13-24(22)33-20-6-10-23-17(12-20)2-1-11-28-23)18-14-25(30)29(15-18)19-4-7-21(8-5-19)34(27,31)32;1-2-9-26-18-11-14(20)3-8-17(18)13-10-19(23)22(12-13)15-4-6-16(7-5-15)27(21,24)25/h1,3-4,6-11,13,19H,2,5,12,14,16H2,(H2,31,33);1-13,18H,14-15H2,(H2,27,31,32);1,3-8,11,13H,9-10,12H2,(H2,21,24,25)/t19-;18-;/m00./s1. The minimum atomic E-state index is -3.79. The van der Waals surface area contributed by atoms with Gasteiger partial charge in [-0.05, 0) is 169 Å². The van der Waals surface area contributed by atoms with E-state index < -0.39 is 20.0 Å². The van der Waals surface area contributed by atoms with Crippen LogP contribution in [0.5, 0.6) is 34.5 Å². The third kappa shape index (κ3) is 17.7. The van der Waals surface area contributed by atoms with E-state index in [9.17, 15) is 41.3 Å². The SMILES string of the molecule is C#CCOc1cc(Cl)ccc1C1CC(=O)N(c2ccc(S(N)(=O)=O)cc2)C1.N#Cc1cccc(Cl)c1Oc1cc([C@H]2CC(=O)N(c3ccc(OCCCC(N)=O)cc3)C2)ccc1Cl.NS(=O)(=O)c1ccc(N2C[C@@H](c3ccc(Cl)c(Oc4ccc5ncccc5c4)c3)CC2=O)cc1. The molecule has 3 saturated heterocycles. The van der Waals surface area contributed by atoms with Gasteiger partial charge >= 0.3 is 0 Å². The highest BCUT2D eigenvalue weighted by Gasteiger charge is 2.36. The van der Waals surface area contributed by atoms with Crippen molar-refractivity contribution in [2.75, 3.05) is 47.5 Å². The molecule has 3 aliphatic rings. The second-order valence-electron chi connectivity index (χ2n) is 22.6.